The molecule has 0 aliphatic heterocycles. The Kier molecular flexibility index (Phi) is 4.65. The fourth-order valence-corrected chi connectivity index (χ4v) is 1.46. The van der Waals surface area contributed by atoms with E-state index in [1.54, 1.807) is 25.1 Å². The number of hydrogen-bond acceptors (Lipinski definition) is 4. The Labute approximate surface area is 106 Å². The van der Waals surface area contributed by atoms with Crippen LogP contribution in [0.1, 0.15) is 20.8 Å². The highest BCUT2D eigenvalue weighted by molar-refractivity contribution is 5.85. The third-order valence-corrected chi connectivity index (χ3v) is 2.30. The van der Waals surface area contributed by atoms with Crippen LogP contribution in [0.4, 0.5) is 11.4 Å². The van der Waals surface area contributed by atoms with Gasteiger partial charge in [-0.1, -0.05) is 12.1 Å². The average molecular weight is 251 g/mol. The zero-order chi connectivity index (χ0) is 13.7. The summed E-state index contributed by atoms with van der Waals surface area (Å²) in [5, 5.41) is 16.4. The van der Waals surface area contributed by atoms with Crippen molar-refractivity contribution < 1.29 is 9.72 Å². The van der Waals surface area contributed by atoms with Crippen molar-refractivity contribution in [2.75, 3.05) is 5.32 Å². The SMILES string of the molecule is CC(C)NC(=O)C(C)Nc1ccccc1[N+](=O)[O-]. The van der Waals surface area contributed by atoms with Crippen molar-refractivity contribution in [3.8, 4) is 0 Å². The number of rotatable bonds is 5. The van der Waals surface area contributed by atoms with Crippen LogP contribution < -0.4 is 10.6 Å². The highest BCUT2D eigenvalue weighted by Gasteiger charge is 2.18. The molecule has 0 spiro atoms. The zero-order valence-corrected chi connectivity index (χ0v) is 10.6. The number of anilines is 1. The Morgan fingerprint density at radius 2 is 1.89 bits per heavy atom. The largest absolute Gasteiger partial charge is 0.368 e. The number of para-hydroxylation sites is 2. The van der Waals surface area contributed by atoms with Crippen molar-refractivity contribution in [1.29, 1.82) is 0 Å². The smallest absolute Gasteiger partial charge is 0.292 e. The molecule has 1 unspecified atom stereocenters. The van der Waals surface area contributed by atoms with Crippen LogP contribution in [0.3, 0.4) is 0 Å². The molecule has 0 radical (unpaired) electrons. The molecule has 6 heteroatoms. The number of nitro groups is 1. The molecule has 98 valence electrons. The lowest BCUT2D eigenvalue weighted by Crippen LogP contribution is -2.41. The first-order chi connectivity index (χ1) is 8.41. The van der Waals surface area contributed by atoms with E-state index >= 15 is 0 Å². The average Bonchev–Trinajstić information content (AvgIpc) is 2.28. The summed E-state index contributed by atoms with van der Waals surface area (Å²) < 4.78 is 0. The first-order valence-electron chi connectivity index (χ1n) is 5.72. The molecule has 1 aromatic carbocycles. The van der Waals surface area contributed by atoms with Gasteiger partial charge < -0.3 is 10.6 Å². The number of benzene rings is 1. The van der Waals surface area contributed by atoms with Crippen LogP contribution in [0, 0.1) is 10.1 Å². The second-order valence-corrected chi connectivity index (χ2v) is 4.30. The molecule has 0 bridgehead atoms. The molecule has 1 amide bonds. The minimum Gasteiger partial charge on any atom is -0.368 e. The third kappa shape index (κ3) is 3.73. The van der Waals surface area contributed by atoms with Gasteiger partial charge >= 0.3 is 0 Å². The van der Waals surface area contributed by atoms with Crippen LogP contribution in [0.25, 0.3) is 0 Å². The molecule has 0 aliphatic rings. The summed E-state index contributed by atoms with van der Waals surface area (Å²) in [7, 11) is 0. The van der Waals surface area contributed by atoms with Gasteiger partial charge in [0.05, 0.1) is 4.92 Å². The Hall–Kier alpha value is -2.11. The Bertz CT molecular complexity index is 446. The first-order valence-corrected chi connectivity index (χ1v) is 5.72. The molecule has 0 saturated carbocycles. The van der Waals surface area contributed by atoms with E-state index in [1.165, 1.54) is 6.07 Å². The van der Waals surface area contributed by atoms with E-state index in [9.17, 15) is 14.9 Å². The lowest BCUT2D eigenvalue weighted by Gasteiger charge is -2.16. The summed E-state index contributed by atoms with van der Waals surface area (Å²) in [5.74, 6) is -0.192. The van der Waals surface area contributed by atoms with Gasteiger partial charge in [0, 0.05) is 12.1 Å². The number of hydrogen-bond donors (Lipinski definition) is 2. The van der Waals surface area contributed by atoms with Gasteiger partial charge in [-0.2, -0.15) is 0 Å². The monoisotopic (exact) mass is 251 g/mol. The van der Waals surface area contributed by atoms with Gasteiger partial charge in [0.2, 0.25) is 5.91 Å². The van der Waals surface area contributed by atoms with E-state index in [0.29, 0.717) is 5.69 Å². The summed E-state index contributed by atoms with van der Waals surface area (Å²) in [6, 6.07) is 5.75. The number of carbonyl (C=O) groups excluding carboxylic acids is 1. The minimum absolute atomic E-state index is 0.0347. The molecule has 1 aromatic rings. The number of nitrogens with zero attached hydrogens (tertiary/aromatic N) is 1. The molecule has 0 heterocycles. The molecule has 1 atom stereocenters. The van der Waals surface area contributed by atoms with Crippen molar-refractivity contribution in [2.24, 2.45) is 0 Å². The van der Waals surface area contributed by atoms with Crippen LogP contribution in [0.2, 0.25) is 0 Å². The van der Waals surface area contributed by atoms with Gasteiger partial charge in [0.25, 0.3) is 5.69 Å². The highest BCUT2D eigenvalue weighted by Crippen LogP contribution is 2.23. The van der Waals surface area contributed by atoms with E-state index < -0.39 is 11.0 Å². The molecular formula is C12H17N3O3. The quantitative estimate of drug-likeness (QED) is 0.618. The molecule has 6 nitrogen and oxygen atoms in total. The first kappa shape index (κ1) is 14.0. The van der Waals surface area contributed by atoms with Gasteiger partial charge in [-0.15, -0.1) is 0 Å². The lowest BCUT2D eigenvalue weighted by atomic mass is 10.2. The number of amides is 1. The van der Waals surface area contributed by atoms with Gasteiger partial charge in [0.1, 0.15) is 11.7 Å². The summed E-state index contributed by atoms with van der Waals surface area (Å²) in [6.45, 7) is 5.37. The highest BCUT2D eigenvalue weighted by atomic mass is 16.6. The van der Waals surface area contributed by atoms with E-state index in [2.05, 4.69) is 10.6 Å². The lowest BCUT2D eigenvalue weighted by molar-refractivity contribution is -0.384. The van der Waals surface area contributed by atoms with Crippen molar-refractivity contribution in [3.05, 3.63) is 34.4 Å². The predicted molar refractivity (Wildman–Crippen MR) is 69.5 cm³/mol. The molecule has 1 rings (SSSR count). The number of carbonyl (C=O) groups is 1. The summed E-state index contributed by atoms with van der Waals surface area (Å²) in [5.41, 5.74) is 0.301. The Morgan fingerprint density at radius 3 is 2.44 bits per heavy atom. The predicted octanol–water partition coefficient (Wildman–Crippen LogP) is 1.92. The van der Waals surface area contributed by atoms with Crippen LogP contribution >= 0.6 is 0 Å². The van der Waals surface area contributed by atoms with Crippen LogP contribution in [0.5, 0.6) is 0 Å². The van der Waals surface area contributed by atoms with Gasteiger partial charge in [-0.25, -0.2) is 0 Å². The van der Waals surface area contributed by atoms with Gasteiger partial charge in [0.15, 0.2) is 0 Å². The molecule has 18 heavy (non-hydrogen) atoms. The van der Waals surface area contributed by atoms with Crippen molar-refractivity contribution in [3.63, 3.8) is 0 Å². The maximum absolute atomic E-state index is 11.7. The maximum Gasteiger partial charge on any atom is 0.292 e. The van der Waals surface area contributed by atoms with Gasteiger partial charge in [-0.3, -0.25) is 14.9 Å². The molecule has 0 saturated heterocycles. The fourth-order valence-electron chi connectivity index (χ4n) is 1.46. The second kappa shape index (κ2) is 6.00. The molecule has 0 fully saturated rings. The van der Waals surface area contributed by atoms with E-state index in [-0.39, 0.29) is 17.6 Å². The molecular weight excluding hydrogens is 234 g/mol. The Morgan fingerprint density at radius 1 is 1.28 bits per heavy atom. The van der Waals surface area contributed by atoms with Gasteiger partial charge in [-0.05, 0) is 26.8 Å². The van der Waals surface area contributed by atoms with E-state index in [4.69, 9.17) is 0 Å². The van der Waals surface area contributed by atoms with Crippen molar-refractivity contribution >= 4 is 17.3 Å². The molecule has 0 aliphatic carbocycles. The topological polar surface area (TPSA) is 84.3 Å². The summed E-state index contributed by atoms with van der Waals surface area (Å²) in [6.07, 6.45) is 0. The summed E-state index contributed by atoms with van der Waals surface area (Å²) in [4.78, 5) is 22.0. The van der Waals surface area contributed by atoms with Crippen molar-refractivity contribution in [2.45, 2.75) is 32.9 Å². The number of nitro benzene ring substituents is 1. The molecule has 0 aromatic heterocycles. The van der Waals surface area contributed by atoms with E-state index in [1.807, 2.05) is 13.8 Å². The second-order valence-electron chi connectivity index (χ2n) is 4.30. The van der Waals surface area contributed by atoms with Crippen molar-refractivity contribution in [1.82, 2.24) is 5.32 Å². The normalized spacial score (nSPS) is 12.0. The third-order valence-electron chi connectivity index (χ3n) is 2.30. The van der Waals surface area contributed by atoms with E-state index in [0.717, 1.165) is 0 Å². The Balaban J connectivity index is 2.78. The fraction of sp³-hybridized carbons (Fsp3) is 0.417. The summed E-state index contributed by atoms with van der Waals surface area (Å²) >= 11 is 0. The minimum atomic E-state index is -0.534. The van der Waals surface area contributed by atoms with Crippen LogP contribution in [-0.4, -0.2) is 22.9 Å². The molecule has 2 N–H and O–H groups in total. The standard InChI is InChI=1S/C12H17N3O3/c1-8(2)13-12(16)9(3)14-10-6-4-5-7-11(10)15(17)18/h4-9,14H,1-3H3,(H,13,16). The zero-order valence-electron chi connectivity index (χ0n) is 10.6. The van der Waals surface area contributed by atoms with Crippen LogP contribution in [0.15, 0.2) is 24.3 Å². The van der Waals surface area contributed by atoms with Crippen LogP contribution in [-0.2, 0) is 4.79 Å². The maximum atomic E-state index is 11.7. The number of nitrogens with one attached hydrogen (secondary N) is 2.